The molecule has 156 valence electrons. The SMILES string of the molecule is Cc1ccc(NS(=O)(=O)c2ccc(NC(=O)COc3ccc(F)cc3)cc2)cc1Cl. The van der Waals surface area contributed by atoms with Gasteiger partial charge in [0.15, 0.2) is 6.61 Å². The number of hydrogen-bond donors (Lipinski definition) is 2. The molecular formula is C21H18ClFN2O4S. The third-order valence-electron chi connectivity index (χ3n) is 4.06. The van der Waals surface area contributed by atoms with Crippen LogP contribution in [0, 0.1) is 12.7 Å². The van der Waals surface area contributed by atoms with Crippen molar-refractivity contribution in [1.82, 2.24) is 0 Å². The Hall–Kier alpha value is -3.10. The second kappa shape index (κ2) is 9.15. The van der Waals surface area contributed by atoms with Gasteiger partial charge >= 0.3 is 0 Å². The highest BCUT2D eigenvalue weighted by Crippen LogP contribution is 2.23. The number of halogens is 2. The van der Waals surface area contributed by atoms with Crippen LogP contribution < -0.4 is 14.8 Å². The summed E-state index contributed by atoms with van der Waals surface area (Å²) in [5.41, 5.74) is 1.59. The number of rotatable bonds is 7. The number of aryl methyl sites for hydroxylation is 1. The van der Waals surface area contributed by atoms with E-state index < -0.39 is 21.7 Å². The number of nitrogens with one attached hydrogen (secondary N) is 2. The van der Waals surface area contributed by atoms with Crippen LogP contribution in [0.2, 0.25) is 5.02 Å². The molecule has 30 heavy (non-hydrogen) atoms. The van der Waals surface area contributed by atoms with Gasteiger partial charge in [-0.05, 0) is 73.2 Å². The number of amides is 1. The fraction of sp³-hybridized carbons (Fsp3) is 0.0952. The van der Waals surface area contributed by atoms with Crippen molar-refractivity contribution in [3.8, 4) is 5.75 Å². The molecular weight excluding hydrogens is 431 g/mol. The van der Waals surface area contributed by atoms with Crippen LogP contribution in [0.4, 0.5) is 15.8 Å². The van der Waals surface area contributed by atoms with E-state index in [2.05, 4.69) is 10.0 Å². The Bertz CT molecular complexity index is 1150. The van der Waals surface area contributed by atoms with Gasteiger partial charge in [0.2, 0.25) is 0 Å². The molecule has 3 aromatic carbocycles. The van der Waals surface area contributed by atoms with Crippen LogP contribution in [-0.4, -0.2) is 20.9 Å². The number of sulfonamides is 1. The molecule has 0 aromatic heterocycles. The Labute approximate surface area is 178 Å². The standard InChI is InChI=1S/C21H18ClFN2O4S/c1-14-2-5-17(12-20(14)22)25-30(27,28)19-10-6-16(7-11-19)24-21(26)13-29-18-8-3-15(23)4-9-18/h2-12,25H,13H2,1H3,(H,24,26). The molecule has 0 heterocycles. The van der Waals surface area contributed by atoms with E-state index >= 15 is 0 Å². The third kappa shape index (κ3) is 5.71. The molecule has 0 aliphatic rings. The van der Waals surface area contributed by atoms with Crippen LogP contribution in [0.5, 0.6) is 5.75 Å². The largest absolute Gasteiger partial charge is 0.484 e. The lowest BCUT2D eigenvalue weighted by molar-refractivity contribution is -0.118. The van der Waals surface area contributed by atoms with E-state index in [1.165, 1.54) is 54.6 Å². The molecule has 0 unspecified atom stereocenters. The number of benzene rings is 3. The van der Waals surface area contributed by atoms with Gasteiger partial charge in [-0.25, -0.2) is 12.8 Å². The normalized spacial score (nSPS) is 11.0. The highest BCUT2D eigenvalue weighted by molar-refractivity contribution is 7.92. The summed E-state index contributed by atoms with van der Waals surface area (Å²) >= 11 is 6.03. The Morgan fingerprint density at radius 2 is 1.63 bits per heavy atom. The molecule has 0 saturated heterocycles. The summed E-state index contributed by atoms with van der Waals surface area (Å²) in [5.74, 6) is -0.487. The zero-order valence-electron chi connectivity index (χ0n) is 15.9. The van der Waals surface area contributed by atoms with Gasteiger partial charge in [0, 0.05) is 10.7 Å². The second-order valence-corrected chi connectivity index (χ2v) is 8.47. The monoisotopic (exact) mass is 448 g/mol. The maximum Gasteiger partial charge on any atom is 0.262 e. The smallest absolute Gasteiger partial charge is 0.262 e. The highest BCUT2D eigenvalue weighted by Gasteiger charge is 2.15. The summed E-state index contributed by atoms with van der Waals surface area (Å²) in [6.07, 6.45) is 0. The second-order valence-electron chi connectivity index (χ2n) is 6.38. The summed E-state index contributed by atoms with van der Waals surface area (Å²) in [4.78, 5) is 12.0. The van der Waals surface area contributed by atoms with E-state index in [1.807, 2.05) is 6.92 Å². The fourth-order valence-electron chi connectivity index (χ4n) is 2.46. The predicted molar refractivity (Wildman–Crippen MR) is 114 cm³/mol. The van der Waals surface area contributed by atoms with E-state index in [0.717, 1.165) is 5.56 Å². The number of ether oxygens (including phenoxy) is 1. The minimum Gasteiger partial charge on any atom is -0.484 e. The van der Waals surface area contributed by atoms with Gasteiger partial charge in [-0.1, -0.05) is 17.7 Å². The minimum atomic E-state index is -3.81. The van der Waals surface area contributed by atoms with Crippen molar-refractivity contribution in [1.29, 1.82) is 0 Å². The zero-order valence-corrected chi connectivity index (χ0v) is 17.4. The van der Waals surface area contributed by atoms with Crippen LogP contribution in [0.25, 0.3) is 0 Å². The van der Waals surface area contributed by atoms with Gasteiger partial charge in [0.05, 0.1) is 10.6 Å². The summed E-state index contributed by atoms with van der Waals surface area (Å²) in [6, 6.07) is 15.8. The number of carbonyl (C=O) groups excluding carboxylic acids is 1. The first-order valence-corrected chi connectivity index (χ1v) is 10.7. The zero-order chi connectivity index (χ0) is 21.7. The van der Waals surface area contributed by atoms with E-state index in [0.29, 0.717) is 22.1 Å². The van der Waals surface area contributed by atoms with E-state index in [-0.39, 0.29) is 11.5 Å². The van der Waals surface area contributed by atoms with E-state index in [9.17, 15) is 17.6 Å². The fourth-order valence-corrected chi connectivity index (χ4v) is 3.69. The summed E-state index contributed by atoms with van der Waals surface area (Å²) < 4.78 is 45.6. The first-order valence-electron chi connectivity index (χ1n) is 8.80. The molecule has 3 rings (SSSR count). The Kier molecular flexibility index (Phi) is 6.59. The maximum absolute atomic E-state index is 12.9. The van der Waals surface area contributed by atoms with Gasteiger partial charge in [0.1, 0.15) is 11.6 Å². The molecule has 6 nitrogen and oxygen atoms in total. The van der Waals surface area contributed by atoms with Crippen molar-refractivity contribution >= 4 is 38.9 Å². The van der Waals surface area contributed by atoms with Gasteiger partial charge < -0.3 is 10.1 Å². The molecule has 0 atom stereocenters. The van der Waals surface area contributed by atoms with Crippen LogP contribution in [0.3, 0.4) is 0 Å². The van der Waals surface area contributed by atoms with Crippen LogP contribution in [0.15, 0.2) is 71.6 Å². The lowest BCUT2D eigenvalue weighted by Crippen LogP contribution is -2.20. The molecule has 0 spiro atoms. The number of carbonyl (C=O) groups is 1. The van der Waals surface area contributed by atoms with Gasteiger partial charge in [0.25, 0.3) is 15.9 Å². The summed E-state index contributed by atoms with van der Waals surface area (Å²) in [6.45, 7) is 1.54. The molecule has 3 aromatic rings. The minimum absolute atomic E-state index is 0.0276. The van der Waals surface area contributed by atoms with E-state index in [1.54, 1.807) is 12.1 Å². The first kappa shape index (κ1) is 21.6. The average molecular weight is 449 g/mol. The molecule has 1 amide bonds. The molecule has 0 aliphatic carbocycles. The average Bonchev–Trinajstić information content (AvgIpc) is 2.70. The Morgan fingerprint density at radius 3 is 2.27 bits per heavy atom. The van der Waals surface area contributed by atoms with Crippen molar-refractivity contribution in [2.24, 2.45) is 0 Å². The van der Waals surface area contributed by atoms with Crippen molar-refractivity contribution in [3.63, 3.8) is 0 Å². The summed E-state index contributed by atoms with van der Waals surface area (Å²) in [5, 5.41) is 3.05. The molecule has 2 N–H and O–H groups in total. The number of hydrogen-bond acceptors (Lipinski definition) is 4. The van der Waals surface area contributed by atoms with Gasteiger partial charge in [-0.3, -0.25) is 9.52 Å². The molecule has 0 radical (unpaired) electrons. The molecule has 9 heteroatoms. The molecule has 0 aliphatic heterocycles. The molecule has 0 saturated carbocycles. The topological polar surface area (TPSA) is 84.5 Å². The van der Waals surface area contributed by atoms with Crippen molar-refractivity contribution in [2.75, 3.05) is 16.6 Å². The first-order chi connectivity index (χ1) is 14.2. The van der Waals surface area contributed by atoms with Crippen molar-refractivity contribution in [3.05, 3.63) is 83.1 Å². The van der Waals surface area contributed by atoms with Gasteiger partial charge in [-0.15, -0.1) is 0 Å². The quantitative estimate of drug-likeness (QED) is 0.553. The third-order valence-corrected chi connectivity index (χ3v) is 5.86. The van der Waals surface area contributed by atoms with Crippen LogP contribution >= 0.6 is 11.6 Å². The van der Waals surface area contributed by atoms with Crippen molar-refractivity contribution in [2.45, 2.75) is 11.8 Å². The predicted octanol–water partition coefficient (Wildman–Crippen LogP) is 4.61. The lowest BCUT2D eigenvalue weighted by Gasteiger charge is -2.11. The Morgan fingerprint density at radius 1 is 1.00 bits per heavy atom. The van der Waals surface area contributed by atoms with Crippen molar-refractivity contribution < 1.29 is 22.3 Å². The molecule has 0 fully saturated rings. The molecule has 0 bridgehead atoms. The maximum atomic E-state index is 12.9. The van der Waals surface area contributed by atoms with Crippen LogP contribution in [0.1, 0.15) is 5.56 Å². The Balaban J connectivity index is 1.59. The highest BCUT2D eigenvalue weighted by atomic mass is 35.5. The summed E-state index contributed by atoms with van der Waals surface area (Å²) in [7, 11) is -3.81. The van der Waals surface area contributed by atoms with E-state index in [4.69, 9.17) is 16.3 Å². The van der Waals surface area contributed by atoms with Gasteiger partial charge in [-0.2, -0.15) is 0 Å². The lowest BCUT2D eigenvalue weighted by atomic mass is 10.2. The van der Waals surface area contributed by atoms with Crippen LogP contribution in [-0.2, 0) is 14.8 Å². The number of anilines is 2.